The SMILES string of the molecule is CCCCCCCC(CC)C(=O)[N]CC(=O)C(=O)C(=O)C(N)CCC. The quantitative estimate of drug-likeness (QED) is 0.276. The molecule has 0 fully saturated rings. The van der Waals surface area contributed by atoms with Gasteiger partial charge in [-0.2, -0.15) is 0 Å². The first-order valence-electron chi connectivity index (χ1n) is 9.47. The smallest absolute Gasteiger partial charge is 0.267 e. The third-order valence-electron chi connectivity index (χ3n) is 4.29. The van der Waals surface area contributed by atoms with Crippen LogP contribution < -0.4 is 11.1 Å². The van der Waals surface area contributed by atoms with Crippen LogP contribution in [0, 0.1) is 5.92 Å². The van der Waals surface area contributed by atoms with E-state index in [2.05, 4.69) is 12.2 Å². The molecule has 2 N–H and O–H groups in total. The largest absolute Gasteiger partial charge is 0.321 e. The Labute approximate surface area is 151 Å². The Morgan fingerprint density at radius 2 is 1.52 bits per heavy atom. The number of carbonyl (C=O) groups is 4. The van der Waals surface area contributed by atoms with Crippen molar-refractivity contribution in [2.75, 3.05) is 6.54 Å². The van der Waals surface area contributed by atoms with Crippen molar-refractivity contribution in [1.82, 2.24) is 5.32 Å². The zero-order chi connectivity index (χ0) is 19.2. The predicted octanol–water partition coefficient (Wildman–Crippen LogP) is 2.34. The van der Waals surface area contributed by atoms with Gasteiger partial charge in [0.2, 0.25) is 17.5 Å². The molecule has 0 aromatic rings. The molecule has 2 unspecified atom stereocenters. The van der Waals surface area contributed by atoms with E-state index in [-0.39, 0.29) is 11.8 Å². The van der Waals surface area contributed by atoms with Gasteiger partial charge in [-0.3, -0.25) is 19.2 Å². The van der Waals surface area contributed by atoms with Gasteiger partial charge in [0.1, 0.15) is 6.54 Å². The normalized spacial score (nSPS) is 13.1. The number of amides is 1. The first-order chi connectivity index (χ1) is 11.9. The minimum absolute atomic E-state index is 0.220. The summed E-state index contributed by atoms with van der Waals surface area (Å²) >= 11 is 0. The Bertz CT molecular complexity index is 449. The van der Waals surface area contributed by atoms with Crippen molar-refractivity contribution in [1.29, 1.82) is 0 Å². The zero-order valence-electron chi connectivity index (χ0n) is 15.9. The molecule has 6 nitrogen and oxygen atoms in total. The monoisotopic (exact) mass is 353 g/mol. The van der Waals surface area contributed by atoms with E-state index in [9.17, 15) is 19.2 Å². The van der Waals surface area contributed by atoms with Crippen LogP contribution >= 0.6 is 0 Å². The topological polar surface area (TPSA) is 108 Å². The van der Waals surface area contributed by atoms with E-state index in [1.165, 1.54) is 12.8 Å². The molecule has 2 atom stereocenters. The number of unbranched alkanes of at least 4 members (excludes halogenated alkanes) is 4. The van der Waals surface area contributed by atoms with Crippen LogP contribution in [0.3, 0.4) is 0 Å². The van der Waals surface area contributed by atoms with Crippen LogP contribution in [-0.2, 0) is 19.2 Å². The van der Waals surface area contributed by atoms with Gasteiger partial charge >= 0.3 is 0 Å². The van der Waals surface area contributed by atoms with Crippen molar-refractivity contribution in [3.8, 4) is 0 Å². The molecule has 1 radical (unpaired) electrons. The maximum atomic E-state index is 12.1. The van der Waals surface area contributed by atoms with Crippen LogP contribution in [0.5, 0.6) is 0 Å². The molecule has 1 amide bonds. The summed E-state index contributed by atoms with van der Waals surface area (Å²) in [6.07, 6.45) is 7.95. The molecular formula is C19H33N2O4. The fourth-order valence-electron chi connectivity index (χ4n) is 2.60. The van der Waals surface area contributed by atoms with Gasteiger partial charge in [-0.1, -0.05) is 59.3 Å². The summed E-state index contributed by atoms with van der Waals surface area (Å²) in [4.78, 5) is 47.3. The Kier molecular flexibility index (Phi) is 12.8. The van der Waals surface area contributed by atoms with Crippen LogP contribution in [0.25, 0.3) is 0 Å². The lowest BCUT2D eigenvalue weighted by Gasteiger charge is -2.13. The highest BCUT2D eigenvalue weighted by Crippen LogP contribution is 2.15. The number of ketones is 3. The van der Waals surface area contributed by atoms with Crippen LogP contribution in [0.4, 0.5) is 0 Å². The lowest BCUT2D eigenvalue weighted by molar-refractivity contribution is -0.144. The molecular weight excluding hydrogens is 320 g/mol. The number of carbonyl (C=O) groups excluding carboxylic acids is 4. The average molecular weight is 353 g/mol. The van der Waals surface area contributed by atoms with Crippen LogP contribution in [-0.4, -0.2) is 35.8 Å². The fourth-order valence-corrected chi connectivity index (χ4v) is 2.60. The number of rotatable bonds is 15. The van der Waals surface area contributed by atoms with Gasteiger partial charge in [-0.25, -0.2) is 5.32 Å². The van der Waals surface area contributed by atoms with E-state index in [1.807, 2.05) is 13.8 Å². The number of nitrogens with zero attached hydrogens (tertiary/aromatic N) is 1. The van der Waals surface area contributed by atoms with E-state index < -0.39 is 29.9 Å². The molecule has 25 heavy (non-hydrogen) atoms. The Morgan fingerprint density at radius 3 is 2.08 bits per heavy atom. The summed E-state index contributed by atoms with van der Waals surface area (Å²) in [5, 5.41) is 3.72. The van der Waals surface area contributed by atoms with Crippen molar-refractivity contribution >= 4 is 23.3 Å². The van der Waals surface area contributed by atoms with Gasteiger partial charge in [0, 0.05) is 5.92 Å². The van der Waals surface area contributed by atoms with E-state index in [4.69, 9.17) is 5.73 Å². The number of hydrogen-bond acceptors (Lipinski definition) is 5. The summed E-state index contributed by atoms with van der Waals surface area (Å²) in [7, 11) is 0. The van der Waals surface area contributed by atoms with Crippen LogP contribution in [0.2, 0.25) is 0 Å². The number of Topliss-reactive ketones (excluding diaryl/α,β-unsaturated/α-hetero) is 3. The van der Waals surface area contributed by atoms with Gasteiger partial charge in [0.25, 0.3) is 5.78 Å². The zero-order valence-corrected chi connectivity index (χ0v) is 15.9. The molecule has 0 bridgehead atoms. The molecule has 0 rings (SSSR count). The first kappa shape index (κ1) is 23.4. The average Bonchev–Trinajstić information content (AvgIpc) is 2.61. The Morgan fingerprint density at radius 1 is 0.880 bits per heavy atom. The summed E-state index contributed by atoms with van der Waals surface area (Å²) < 4.78 is 0. The molecule has 0 aliphatic carbocycles. The standard InChI is InChI=1S/C19H33N2O4/c1-4-7-8-9-10-12-14(6-3)19(25)21-13-16(22)18(24)17(23)15(20)11-5-2/h14-15H,4-13,20H2,1-3H3. The van der Waals surface area contributed by atoms with Crippen molar-refractivity contribution in [3.05, 3.63) is 0 Å². The van der Waals surface area contributed by atoms with Gasteiger partial charge in [-0.05, 0) is 19.3 Å². The maximum absolute atomic E-state index is 12.1. The number of nitrogens with two attached hydrogens (primary N) is 1. The van der Waals surface area contributed by atoms with Gasteiger partial charge in [-0.15, -0.1) is 0 Å². The molecule has 0 saturated carbocycles. The van der Waals surface area contributed by atoms with Crippen molar-refractivity contribution in [2.24, 2.45) is 11.7 Å². The molecule has 0 spiro atoms. The molecule has 0 aromatic carbocycles. The molecule has 0 heterocycles. The third-order valence-corrected chi connectivity index (χ3v) is 4.29. The molecule has 6 heteroatoms. The predicted molar refractivity (Wildman–Crippen MR) is 97.1 cm³/mol. The van der Waals surface area contributed by atoms with Gasteiger partial charge < -0.3 is 5.73 Å². The highest BCUT2D eigenvalue weighted by molar-refractivity contribution is 6.65. The lowest BCUT2D eigenvalue weighted by atomic mass is 9.97. The maximum Gasteiger partial charge on any atom is 0.267 e. The Hall–Kier alpha value is -1.56. The van der Waals surface area contributed by atoms with E-state index in [0.717, 1.165) is 25.7 Å². The first-order valence-corrected chi connectivity index (χ1v) is 9.47. The summed E-state index contributed by atoms with van der Waals surface area (Å²) in [6.45, 7) is 5.33. The summed E-state index contributed by atoms with van der Waals surface area (Å²) in [5.41, 5.74) is 5.56. The van der Waals surface area contributed by atoms with Crippen LogP contribution in [0.1, 0.15) is 78.6 Å². The van der Waals surface area contributed by atoms with E-state index in [0.29, 0.717) is 19.3 Å². The summed E-state index contributed by atoms with van der Waals surface area (Å²) in [6, 6.07) is -0.955. The van der Waals surface area contributed by atoms with Gasteiger partial charge in [0.15, 0.2) is 0 Å². The minimum atomic E-state index is -1.15. The molecule has 0 aliphatic rings. The Balaban J connectivity index is 4.29. The highest BCUT2D eigenvalue weighted by atomic mass is 16.2. The second-order valence-electron chi connectivity index (χ2n) is 6.47. The molecule has 143 valence electrons. The molecule has 0 aliphatic heterocycles. The van der Waals surface area contributed by atoms with Crippen molar-refractivity contribution in [3.63, 3.8) is 0 Å². The number of hydrogen-bond donors (Lipinski definition) is 1. The fraction of sp³-hybridized carbons (Fsp3) is 0.789. The van der Waals surface area contributed by atoms with Crippen molar-refractivity contribution < 1.29 is 19.2 Å². The second kappa shape index (κ2) is 13.7. The highest BCUT2D eigenvalue weighted by Gasteiger charge is 2.28. The molecule has 0 saturated heterocycles. The van der Waals surface area contributed by atoms with Gasteiger partial charge in [0.05, 0.1) is 6.04 Å². The minimum Gasteiger partial charge on any atom is -0.321 e. The van der Waals surface area contributed by atoms with Crippen molar-refractivity contribution in [2.45, 2.75) is 84.6 Å². The lowest BCUT2D eigenvalue weighted by Crippen LogP contribution is -2.42. The summed E-state index contributed by atoms with van der Waals surface area (Å²) in [5.74, 6) is -3.57. The van der Waals surface area contributed by atoms with E-state index in [1.54, 1.807) is 0 Å². The second-order valence-corrected chi connectivity index (χ2v) is 6.47. The molecule has 0 aromatic heterocycles. The van der Waals surface area contributed by atoms with Crippen LogP contribution in [0.15, 0.2) is 0 Å². The van der Waals surface area contributed by atoms with E-state index >= 15 is 0 Å². The third kappa shape index (κ3) is 9.48.